The van der Waals surface area contributed by atoms with Gasteiger partial charge in [0.2, 0.25) is 0 Å². The normalized spacial score (nSPS) is 17.8. The number of carbonyl (C=O) groups excluding carboxylic acids is 1. The molecule has 0 saturated carbocycles. The lowest BCUT2D eigenvalue weighted by Gasteiger charge is -2.35. The van der Waals surface area contributed by atoms with Crippen molar-refractivity contribution in [3.63, 3.8) is 0 Å². The van der Waals surface area contributed by atoms with Crippen LogP contribution in [0.2, 0.25) is 10.0 Å². The number of benzene rings is 1. The van der Waals surface area contributed by atoms with Gasteiger partial charge in [0, 0.05) is 42.8 Å². The molecule has 1 unspecified atom stereocenters. The highest BCUT2D eigenvalue weighted by atomic mass is 35.5. The molecule has 0 aromatic heterocycles. The number of carbonyl (C=O) groups is 1. The van der Waals surface area contributed by atoms with Gasteiger partial charge in [0.1, 0.15) is 0 Å². The minimum absolute atomic E-state index is 0.109. The van der Waals surface area contributed by atoms with Gasteiger partial charge in [-0.15, -0.1) is 0 Å². The van der Waals surface area contributed by atoms with Crippen molar-refractivity contribution in [3.8, 4) is 0 Å². The third kappa shape index (κ3) is 4.31. The molecule has 2 N–H and O–H groups in total. The zero-order valence-corrected chi connectivity index (χ0v) is 13.0. The Morgan fingerprint density at radius 3 is 2.24 bits per heavy atom. The van der Waals surface area contributed by atoms with Crippen LogP contribution in [0.3, 0.4) is 0 Å². The van der Waals surface area contributed by atoms with Crippen molar-refractivity contribution in [2.75, 3.05) is 39.3 Å². The first-order valence-electron chi connectivity index (χ1n) is 6.77. The van der Waals surface area contributed by atoms with E-state index in [2.05, 4.69) is 4.90 Å². The molecular weight excluding hydrogens is 315 g/mol. The van der Waals surface area contributed by atoms with Crippen molar-refractivity contribution in [1.29, 1.82) is 0 Å². The van der Waals surface area contributed by atoms with E-state index >= 15 is 0 Å². The van der Waals surface area contributed by atoms with E-state index in [-0.39, 0.29) is 12.5 Å². The van der Waals surface area contributed by atoms with Crippen LogP contribution >= 0.6 is 23.2 Å². The fourth-order valence-electron chi connectivity index (χ4n) is 2.38. The maximum Gasteiger partial charge on any atom is 0.256 e. The molecule has 5 nitrogen and oxygen atoms in total. The quantitative estimate of drug-likeness (QED) is 0.868. The lowest BCUT2D eigenvalue weighted by molar-refractivity contribution is -0.142. The summed E-state index contributed by atoms with van der Waals surface area (Å²) in [7, 11) is 0. The first-order valence-corrected chi connectivity index (χ1v) is 7.53. The van der Waals surface area contributed by atoms with Crippen LogP contribution in [0.15, 0.2) is 18.2 Å². The number of hydrogen-bond acceptors (Lipinski definition) is 4. The summed E-state index contributed by atoms with van der Waals surface area (Å²) >= 11 is 11.8. The van der Waals surface area contributed by atoms with Crippen molar-refractivity contribution in [1.82, 2.24) is 9.80 Å². The van der Waals surface area contributed by atoms with Crippen molar-refractivity contribution in [2.45, 2.75) is 6.10 Å². The van der Waals surface area contributed by atoms with Crippen LogP contribution in [-0.4, -0.2) is 65.3 Å². The zero-order valence-electron chi connectivity index (χ0n) is 11.5. The van der Waals surface area contributed by atoms with Gasteiger partial charge in [-0.2, -0.15) is 0 Å². The molecule has 1 heterocycles. The van der Waals surface area contributed by atoms with Gasteiger partial charge >= 0.3 is 0 Å². The van der Waals surface area contributed by atoms with Crippen LogP contribution in [0.4, 0.5) is 0 Å². The highest BCUT2D eigenvalue weighted by Crippen LogP contribution is 2.25. The first-order chi connectivity index (χ1) is 10.0. The Bertz CT molecular complexity index is 485. The van der Waals surface area contributed by atoms with Crippen molar-refractivity contribution in [3.05, 3.63) is 33.8 Å². The van der Waals surface area contributed by atoms with E-state index in [1.54, 1.807) is 11.0 Å². The van der Waals surface area contributed by atoms with Crippen LogP contribution in [0.1, 0.15) is 11.7 Å². The lowest BCUT2D eigenvalue weighted by atomic mass is 10.1. The summed E-state index contributed by atoms with van der Waals surface area (Å²) in [5.74, 6) is -0.350. The minimum Gasteiger partial charge on any atom is -0.395 e. The molecule has 0 radical (unpaired) electrons. The molecule has 1 aromatic rings. The minimum atomic E-state index is -1.26. The van der Waals surface area contributed by atoms with Gasteiger partial charge in [-0.1, -0.05) is 23.2 Å². The van der Waals surface area contributed by atoms with E-state index < -0.39 is 6.10 Å². The van der Waals surface area contributed by atoms with Crippen LogP contribution in [-0.2, 0) is 4.79 Å². The SMILES string of the molecule is O=C(C(O)c1cc(Cl)cc(Cl)c1)N1CCN(CCO)CC1. The molecule has 21 heavy (non-hydrogen) atoms. The van der Waals surface area contributed by atoms with Crippen molar-refractivity contribution < 1.29 is 15.0 Å². The first kappa shape index (κ1) is 16.5. The maximum atomic E-state index is 12.3. The summed E-state index contributed by atoms with van der Waals surface area (Å²) < 4.78 is 0. The second-order valence-corrected chi connectivity index (χ2v) is 5.87. The molecule has 1 aliphatic rings. The van der Waals surface area contributed by atoms with Crippen molar-refractivity contribution >= 4 is 29.1 Å². The van der Waals surface area contributed by atoms with E-state index in [0.717, 1.165) is 0 Å². The molecule has 0 aliphatic carbocycles. The number of nitrogens with zero attached hydrogens (tertiary/aromatic N) is 2. The number of amides is 1. The highest BCUT2D eigenvalue weighted by Gasteiger charge is 2.27. The Balaban J connectivity index is 2.00. The number of β-amino-alcohol motifs (C(OH)–C–C–N with tert-alkyl or cyclic N) is 1. The number of hydrogen-bond donors (Lipinski definition) is 2. The number of piperazine rings is 1. The molecule has 1 fully saturated rings. The molecule has 7 heteroatoms. The number of rotatable bonds is 4. The Morgan fingerprint density at radius 1 is 1.14 bits per heavy atom. The molecule has 1 atom stereocenters. The number of halogens is 2. The Morgan fingerprint density at radius 2 is 1.71 bits per heavy atom. The molecule has 2 rings (SSSR count). The molecule has 0 spiro atoms. The van der Waals surface area contributed by atoms with E-state index in [1.165, 1.54) is 12.1 Å². The Kier molecular flexibility index (Phi) is 5.84. The third-order valence-electron chi connectivity index (χ3n) is 3.53. The number of aliphatic hydroxyl groups excluding tert-OH is 2. The molecular formula is C14H18Cl2N2O3. The molecule has 116 valence electrons. The summed E-state index contributed by atoms with van der Waals surface area (Å²) in [5.41, 5.74) is 0.398. The van der Waals surface area contributed by atoms with E-state index in [9.17, 15) is 9.90 Å². The van der Waals surface area contributed by atoms with Gasteiger partial charge in [-0.05, 0) is 23.8 Å². The summed E-state index contributed by atoms with van der Waals surface area (Å²) in [5, 5.41) is 19.9. The molecule has 1 aromatic carbocycles. The van der Waals surface area contributed by atoms with Gasteiger partial charge in [-0.3, -0.25) is 9.69 Å². The standard InChI is InChI=1S/C14H18Cl2N2O3/c15-11-7-10(8-12(16)9-11)13(20)14(21)18-3-1-17(2-4-18)5-6-19/h7-9,13,19-20H,1-6H2. The van der Waals surface area contributed by atoms with E-state index in [0.29, 0.717) is 48.3 Å². The third-order valence-corrected chi connectivity index (χ3v) is 3.97. The molecule has 1 saturated heterocycles. The summed E-state index contributed by atoms with van der Waals surface area (Å²) in [4.78, 5) is 16.0. The zero-order chi connectivity index (χ0) is 15.4. The van der Waals surface area contributed by atoms with E-state index in [4.69, 9.17) is 28.3 Å². The molecule has 1 amide bonds. The van der Waals surface area contributed by atoms with Crippen LogP contribution < -0.4 is 0 Å². The average Bonchev–Trinajstić information content (AvgIpc) is 2.46. The monoisotopic (exact) mass is 332 g/mol. The maximum absolute atomic E-state index is 12.3. The molecule has 1 aliphatic heterocycles. The highest BCUT2D eigenvalue weighted by molar-refractivity contribution is 6.34. The largest absolute Gasteiger partial charge is 0.395 e. The fraction of sp³-hybridized carbons (Fsp3) is 0.500. The van der Waals surface area contributed by atoms with Gasteiger partial charge in [0.05, 0.1) is 6.61 Å². The average molecular weight is 333 g/mol. The van der Waals surface area contributed by atoms with Gasteiger partial charge < -0.3 is 15.1 Å². The van der Waals surface area contributed by atoms with E-state index in [1.807, 2.05) is 0 Å². The van der Waals surface area contributed by atoms with Crippen LogP contribution in [0.5, 0.6) is 0 Å². The Labute approximate surface area is 133 Å². The van der Waals surface area contributed by atoms with Gasteiger partial charge in [0.25, 0.3) is 5.91 Å². The van der Waals surface area contributed by atoms with Crippen molar-refractivity contribution in [2.24, 2.45) is 0 Å². The lowest BCUT2D eigenvalue weighted by Crippen LogP contribution is -2.50. The van der Waals surface area contributed by atoms with Crippen LogP contribution in [0.25, 0.3) is 0 Å². The predicted molar refractivity (Wildman–Crippen MR) is 81.5 cm³/mol. The Hall–Kier alpha value is -0.850. The van der Waals surface area contributed by atoms with Crippen LogP contribution in [0, 0.1) is 0 Å². The van der Waals surface area contributed by atoms with Gasteiger partial charge in [-0.25, -0.2) is 0 Å². The van der Waals surface area contributed by atoms with Gasteiger partial charge in [0.15, 0.2) is 6.10 Å². The number of aliphatic hydroxyl groups is 2. The second kappa shape index (κ2) is 7.42. The fourth-order valence-corrected chi connectivity index (χ4v) is 2.92. The summed E-state index contributed by atoms with van der Waals surface area (Å²) in [6, 6.07) is 4.63. The summed E-state index contributed by atoms with van der Waals surface area (Å²) in [6.07, 6.45) is -1.26. The predicted octanol–water partition coefficient (Wildman–Crippen LogP) is 1.16. The topological polar surface area (TPSA) is 64.0 Å². The second-order valence-electron chi connectivity index (χ2n) is 5.00. The smallest absolute Gasteiger partial charge is 0.256 e. The summed E-state index contributed by atoms with van der Waals surface area (Å²) in [6.45, 7) is 3.16. The molecule has 0 bridgehead atoms.